The second kappa shape index (κ2) is 5.12. The summed E-state index contributed by atoms with van der Waals surface area (Å²) in [6.45, 7) is 0. The van der Waals surface area contributed by atoms with Gasteiger partial charge >= 0.3 is 6.36 Å². The number of hydrogen-bond donors (Lipinski definition) is 0. The summed E-state index contributed by atoms with van der Waals surface area (Å²) in [5, 5.41) is 8.34. The minimum absolute atomic E-state index is 0.466. The van der Waals surface area contributed by atoms with E-state index in [0.717, 1.165) is 0 Å². The molecule has 0 bridgehead atoms. The van der Waals surface area contributed by atoms with Gasteiger partial charge in [0, 0.05) is 0 Å². The summed E-state index contributed by atoms with van der Waals surface area (Å²) in [7, 11) is 0. The Balaban J connectivity index is 3.35. The third kappa shape index (κ3) is 3.51. The first-order valence-corrected chi connectivity index (χ1v) is 4.34. The van der Waals surface area contributed by atoms with Gasteiger partial charge in [-0.2, -0.15) is 14.6 Å². The van der Waals surface area contributed by atoms with E-state index in [4.69, 9.17) is 5.26 Å². The number of pyridine rings is 1. The molecule has 0 unspecified atom stereocenters. The van der Waals surface area contributed by atoms with Gasteiger partial charge in [-0.05, 0) is 11.6 Å². The first kappa shape index (κ1) is 14.1. The SMILES string of the molecule is N#CCc1cc(F)nc(OC(F)(F)F)c1C(F)F. The summed E-state index contributed by atoms with van der Waals surface area (Å²) < 4.78 is 77.1. The van der Waals surface area contributed by atoms with Gasteiger partial charge in [0.25, 0.3) is 6.43 Å². The van der Waals surface area contributed by atoms with Gasteiger partial charge in [-0.1, -0.05) is 0 Å². The molecule has 0 aliphatic heterocycles. The molecule has 0 saturated carbocycles. The number of hydrogen-bond acceptors (Lipinski definition) is 3. The highest BCUT2D eigenvalue weighted by Gasteiger charge is 2.35. The fraction of sp³-hybridized carbons (Fsp3) is 0.333. The molecule has 0 atom stereocenters. The molecule has 18 heavy (non-hydrogen) atoms. The zero-order chi connectivity index (χ0) is 13.9. The van der Waals surface area contributed by atoms with Gasteiger partial charge in [-0.15, -0.1) is 13.2 Å². The van der Waals surface area contributed by atoms with Crippen LogP contribution in [0.4, 0.5) is 26.3 Å². The topological polar surface area (TPSA) is 45.9 Å². The molecule has 0 amide bonds. The summed E-state index contributed by atoms with van der Waals surface area (Å²) in [6, 6.07) is 1.90. The van der Waals surface area contributed by atoms with Gasteiger partial charge in [0.05, 0.1) is 18.1 Å². The van der Waals surface area contributed by atoms with Gasteiger partial charge in [0.2, 0.25) is 11.8 Å². The fourth-order valence-corrected chi connectivity index (χ4v) is 1.20. The Morgan fingerprint density at radius 3 is 2.44 bits per heavy atom. The maximum Gasteiger partial charge on any atom is 0.574 e. The molecule has 98 valence electrons. The number of aromatic nitrogens is 1. The first-order chi connectivity index (χ1) is 8.24. The van der Waals surface area contributed by atoms with E-state index in [-0.39, 0.29) is 0 Å². The molecule has 1 rings (SSSR count). The van der Waals surface area contributed by atoms with Crippen molar-refractivity contribution in [1.82, 2.24) is 4.98 Å². The van der Waals surface area contributed by atoms with Gasteiger partial charge in [-0.25, -0.2) is 8.78 Å². The van der Waals surface area contributed by atoms with Crippen LogP contribution in [0.3, 0.4) is 0 Å². The van der Waals surface area contributed by atoms with Crippen LogP contribution >= 0.6 is 0 Å². The largest absolute Gasteiger partial charge is 0.574 e. The van der Waals surface area contributed by atoms with E-state index < -0.39 is 42.2 Å². The molecule has 0 aliphatic carbocycles. The summed E-state index contributed by atoms with van der Waals surface area (Å²) in [6.07, 6.45) is -9.35. The highest BCUT2D eigenvalue weighted by atomic mass is 19.4. The Morgan fingerprint density at radius 2 is 2.00 bits per heavy atom. The maximum atomic E-state index is 12.9. The van der Waals surface area contributed by atoms with Gasteiger partial charge in [0.15, 0.2) is 0 Å². The van der Waals surface area contributed by atoms with E-state index in [1.807, 2.05) is 0 Å². The Labute approximate surface area is 96.6 Å². The van der Waals surface area contributed by atoms with Crippen LogP contribution in [0.1, 0.15) is 17.6 Å². The van der Waals surface area contributed by atoms with E-state index in [9.17, 15) is 26.3 Å². The van der Waals surface area contributed by atoms with Crippen LogP contribution < -0.4 is 4.74 Å². The fourth-order valence-electron chi connectivity index (χ4n) is 1.20. The van der Waals surface area contributed by atoms with E-state index in [1.165, 1.54) is 6.07 Å². The number of halogens is 6. The lowest BCUT2D eigenvalue weighted by Crippen LogP contribution is -2.20. The molecule has 0 aliphatic rings. The molecule has 0 radical (unpaired) electrons. The van der Waals surface area contributed by atoms with Crippen molar-refractivity contribution in [2.75, 3.05) is 0 Å². The summed E-state index contributed by atoms with van der Waals surface area (Å²) in [4.78, 5) is 2.62. The third-order valence-corrected chi connectivity index (χ3v) is 1.78. The van der Waals surface area contributed by atoms with E-state index >= 15 is 0 Å². The average molecular weight is 270 g/mol. The monoisotopic (exact) mass is 270 g/mol. The van der Waals surface area contributed by atoms with Crippen LogP contribution in [0.25, 0.3) is 0 Å². The minimum Gasteiger partial charge on any atom is -0.387 e. The highest BCUT2D eigenvalue weighted by molar-refractivity contribution is 5.37. The summed E-state index contributed by atoms with van der Waals surface area (Å²) >= 11 is 0. The van der Waals surface area contributed by atoms with E-state index in [2.05, 4.69) is 9.72 Å². The van der Waals surface area contributed by atoms with Crippen molar-refractivity contribution in [3.63, 3.8) is 0 Å². The third-order valence-electron chi connectivity index (χ3n) is 1.78. The van der Waals surface area contributed by atoms with Gasteiger partial charge < -0.3 is 4.74 Å². The lowest BCUT2D eigenvalue weighted by atomic mass is 10.1. The number of ether oxygens (including phenoxy) is 1. The number of rotatable bonds is 3. The average Bonchev–Trinajstić information content (AvgIpc) is 2.13. The molecule has 0 saturated heterocycles. The normalized spacial score (nSPS) is 11.4. The lowest BCUT2D eigenvalue weighted by Gasteiger charge is -2.14. The minimum atomic E-state index is -5.28. The Bertz CT molecular complexity index is 479. The predicted molar refractivity (Wildman–Crippen MR) is 45.2 cm³/mol. The zero-order valence-electron chi connectivity index (χ0n) is 8.43. The molecular formula is C9H4F6N2O. The molecule has 9 heteroatoms. The van der Waals surface area contributed by atoms with Crippen molar-refractivity contribution >= 4 is 0 Å². The molecule has 0 spiro atoms. The van der Waals surface area contributed by atoms with Crippen LogP contribution in [0.15, 0.2) is 6.07 Å². The van der Waals surface area contributed by atoms with Crippen LogP contribution in [0, 0.1) is 17.3 Å². The van der Waals surface area contributed by atoms with Crippen LogP contribution in [0.2, 0.25) is 0 Å². The smallest absolute Gasteiger partial charge is 0.387 e. The Hall–Kier alpha value is -1.98. The molecule has 1 aromatic rings. The molecule has 0 N–H and O–H groups in total. The quantitative estimate of drug-likeness (QED) is 0.626. The highest BCUT2D eigenvalue weighted by Crippen LogP contribution is 2.34. The molecule has 0 aromatic carbocycles. The zero-order valence-corrected chi connectivity index (χ0v) is 8.43. The predicted octanol–water partition coefficient (Wildman–Crippen LogP) is 3.12. The Kier molecular flexibility index (Phi) is 4.00. The maximum absolute atomic E-state index is 12.9. The van der Waals surface area contributed by atoms with Crippen molar-refractivity contribution in [1.29, 1.82) is 5.26 Å². The molecule has 1 heterocycles. The Morgan fingerprint density at radius 1 is 1.39 bits per heavy atom. The van der Waals surface area contributed by atoms with Crippen molar-refractivity contribution in [2.24, 2.45) is 0 Å². The summed E-state index contributed by atoms with van der Waals surface area (Å²) in [5.74, 6) is -3.02. The van der Waals surface area contributed by atoms with Crippen LogP contribution in [0.5, 0.6) is 5.88 Å². The molecule has 0 fully saturated rings. The molecule has 3 nitrogen and oxygen atoms in total. The number of nitrogens with zero attached hydrogens (tertiary/aromatic N) is 2. The van der Waals surface area contributed by atoms with Gasteiger partial charge in [-0.3, -0.25) is 0 Å². The first-order valence-electron chi connectivity index (χ1n) is 4.34. The van der Waals surface area contributed by atoms with Crippen molar-refractivity contribution < 1.29 is 31.1 Å². The van der Waals surface area contributed by atoms with Crippen molar-refractivity contribution in [3.8, 4) is 11.9 Å². The number of alkyl halides is 5. The lowest BCUT2D eigenvalue weighted by molar-refractivity contribution is -0.276. The second-order valence-electron chi connectivity index (χ2n) is 3.01. The van der Waals surface area contributed by atoms with E-state index in [0.29, 0.717) is 6.07 Å². The standard InChI is InChI=1S/C9H4F6N2O/c10-5-3-4(1-2-16)6(7(11)12)8(17-5)18-9(13,14)15/h3,7H,1H2. The second-order valence-corrected chi connectivity index (χ2v) is 3.01. The van der Waals surface area contributed by atoms with Crippen molar-refractivity contribution in [3.05, 3.63) is 23.1 Å². The number of nitriles is 1. The summed E-state index contributed by atoms with van der Waals surface area (Å²) in [5.41, 5.74) is -1.84. The molecule has 1 aromatic heterocycles. The molecular weight excluding hydrogens is 266 g/mol. The van der Waals surface area contributed by atoms with Gasteiger partial charge in [0.1, 0.15) is 0 Å². The van der Waals surface area contributed by atoms with Crippen molar-refractivity contribution in [2.45, 2.75) is 19.2 Å². The van der Waals surface area contributed by atoms with Crippen LogP contribution in [-0.2, 0) is 6.42 Å². The van der Waals surface area contributed by atoms with Crippen LogP contribution in [-0.4, -0.2) is 11.3 Å². The van der Waals surface area contributed by atoms with E-state index in [1.54, 1.807) is 0 Å².